The zero-order valence-corrected chi connectivity index (χ0v) is 13.9. The lowest BCUT2D eigenvalue weighted by Gasteiger charge is -2.14. The Balaban J connectivity index is 2.00. The number of nitrogens with two attached hydrogens (primary N) is 1. The number of benzene rings is 1. The van der Waals surface area contributed by atoms with Crippen molar-refractivity contribution in [2.45, 2.75) is 38.8 Å². The molecule has 1 aliphatic carbocycles. The maximum Gasteiger partial charge on any atom is 0.256 e. The van der Waals surface area contributed by atoms with Gasteiger partial charge in [-0.05, 0) is 38.3 Å². The molecular formula is C18H23N3O3. The Hall–Kier alpha value is -2.34. The van der Waals surface area contributed by atoms with Gasteiger partial charge < -0.3 is 20.4 Å². The summed E-state index contributed by atoms with van der Waals surface area (Å²) < 4.78 is 7.30. The minimum absolute atomic E-state index is 0.156. The standard InChI is InChI=1S/C18H23N3O3/c1-2-24-10-4-9-21-11-13(18(23)20-12-7-8-12)17(22)16-14(19)5-3-6-15(16)21/h3,5-6,11-12H,2,4,7-10,19H2,1H3,(H,20,23). The Morgan fingerprint density at radius 3 is 2.92 bits per heavy atom. The summed E-state index contributed by atoms with van der Waals surface area (Å²) in [6.07, 6.45) is 4.39. The van der Waals surface area contributed by atoms with Crippen molar-refractivity contribution < 1.29 is 9.53 Å². The predicted octanol–water partition coefficient (Wildman–Crippen LogP) is 1.90. The molecule has 3 rings (SSSR count). The third-order valence-corrected chi connectivity index (χ3v) is 4.19. The molecule has 0 radical (unpaired) electrons. The molecule has 0 bridgehead atoms. The zero-order chi connectivity index (χ0) is 17.1. The molecule has 0 saturated heterocycles. The minimum atomic E-state index is -0.314. The first-order valence-electron chi connectivity index (χ1n) is 8.42. The number of nitrogens with zero attached hydrogens (tertiary/aromatic N) is 1. The molecule has 1 aromatic heterocycles. The van der Waals surface area contributed by atoms with Crippen molar-refractivity contribution in [3.05, 3.63) is 40.2 Å². The van der Waals surface area contributed by atoms with Crippen LogP contribution in [0, 0.1) is 0 Å². The first-order valence-corrected chi connectivity index (χ1v) is 8.42. The Bertz CT molecular complexity index is 809. The highest BCUT2D eigenvalue weighted by atomic mass is 16.5. The van der Waals surface area contributed by atoms with Crippen molar-refractivity contribution in [1.29, 1.82) is 0 Å². The first kappa shape index (κ1) is 16.5. The lowest BCUT2D eigenvalue weighted by molar-refractivity contribution is 0.0949. The molecule has 3 N–H and O–H groups in total. The Kier molecular flexibility index (Phi) is 4.85. The summed E-state index contributed by atoms with van der Waals surface area (Å²) in [6, 6.07) is 5.57. The Morgan fingerprint density at radius 2 is 2.21 bits per heavy atom. The number of aromatic nitrogens is 1. The number of carbonyl (C=O) groups excluding carboxylic acids is 1. The molecular weight excluding hydrogens is 306 g/mol. The SMILES string of the molecule is CCOCCCn1cc(C(=O)NC2CC2)c(=O)c2c(N)cccc21. The molecule has 1 heterocycles. The summed E-state index contributed by atoms with van der Waals surface area (Å²) in [5.41, 5.74) is 7.02. The van der Waals surface area contributed by atoms with E-state index in [1.807, 2.05) is 23.6 Å². The van der Waals surface area contributed by atoms with E-state index in [0.29, 0.717) is 30.8 Å². The Morgan fingerprint density at radius 1 is 1.42 bits per heavy atom. The number of nitrogen functional groups attached to an aromatic ring is 1. The number of hydrogen-bond donors (Lipinski definition) is 2. The smallest absolute Gasteiger partial charge is 0.256 e. The highest BCUT2D eigenvalue weighted by Gasteiger charge is 2.26. The summed E-state index contributed by atoms with van der Waals surface area (Å²) in [5.74, 6) is -0.314. The number of hydrogen-bond acceptors (Lipinski definition) is 4. The second kappa shape index (κ2) is 7.05. The van der Waals surface area contributed by atoms with E-state index < -0.39 is 0 Å². The average Bonchev–Trinajstić information content (AvgIpc) is 3.37. The van der Waals surface area contributed by atoms with Gasteiger partial charge in [0.1, 0.15) is 5.56 Å². The van der Waals surface area contributed by atoms with Gasteiger partial charge in [0.25, 0.3) is 5.91 Å². The number of carbonyl (C=O) groups is 1. The molecule has 6 nitrogen and oxygen atoms in total. The van der Waals surface area contributed by atoms with Crippen molar-refractivity contribution in [3.8, 4) is 0 Å². The van der Waals surface area contributed by atoms with Crippen LogP contribution < -0.4 is 16.5 Å². The van der Waals surface area contributed by atoms with Crippen molar-refractivity contribution in [2.24, 2.45) is 0 Å². The fourth-order valence-electron chi connectivity index (χ4n) is 2.78. The van der Waals surface area contributed by atoms with Gasteiger partial charge in [0.2, 0.25) is 5.43 Å². The molecule has 1 fully saturated rings. The van der Waals surface area contributed by atoms with E-state index in [1.54, 1.807) is 12.3 Å². The molecule has 1 amide bonds. The molecule has 0 spiro atoms. The van der Waals surface area contributed by atoms with E-state index >= 15 is 0 Å². The monoisotopic (exact) mass is 329 g/mol. The lowest BCUT2D eigenvalue weighted by atomic mass is 10.1. The zero-order valence-electron chi connectivity index (χ0n) is 13.9. The third-order valence-electron chi connectivity index (χ3n) is 4.19. The lowest BCUT2D eigenvalue weighted by Crippen LogP contribution is -2.31. The number of ether oxygens (including phenoxy) is 1. The summed E-state index contributed by atoms with van der Waals surface area (Å²) >= 11 is 0. The fraction of sp³-hybridized carbons (Fsp3) is 0.444. The average molecular weight is 329 g/mol. The van der Waals surface area contributed by atoms with Crippen LogP contribution in [0.2, 0.25) is 0 Å². The van der Waals surface area contributed by atoms with Gasteiger partial charge in [0.15, 0.2) is 0 Å². The second-order valence-electron chi connectivity index (χ2n) is 6.10. The van der Waals surface area contributed by atoms with E-state index in [2.05, 4.69) is 5.32 Å². The number of fused-ring (bicyclic) bond motifs is 1. The third kappa shape index (κ3) is 3.43. The van der Waals surface area contributed by atoms with Crippen molar-refractivity contribution in [1.82, 2.24) is 9.88 Å². The fourth-order valence-corrected chi connectivity index (χ4v) is 2.78. The van der Waals surface area contributed by atoms with Gasteiger partial charge in [-0.3, -0.25) is 9.59 Å². The number of aryl methyl sites for hydroxylation is 1. The molecule has 2 aromatic rings. The van der Waals surface area contributed by atoms with Crippen LogP contribution in [-0.2, 0) is 11.3 Å². The predicted molar refractivity (Wildman–Crippen MR) is 94.2 cm³/mol. The molecule has 0 atom stereocenters. The molecule has 128 valence electrons. The largest absolute Gasteiger partial charge is 0.398 e. The van der Waals surface area contributed by atoms with E-state index in [1.165, 1.54) is 0 Å². The van der Waals surface area contributed by atoms with Gasteiger partial charge in [-0.25, -0.2) is 0 Å². The van der Waals surface area contributed by atoms with E-state index in [9.17, 15) is 9.59 Å². The Labute approximate surface area is 140 Å². The van der Waals surface area contributed by atoms with Gasteiger partial charge >= 0.3 is 0 Å². The van der Waals surface area contributed by atoms with Crippen molar-refractivity contribution in [3.63, 3.8) is 0 Å². The van der Waals surface area contributed by atoms with Crippen LogP contribution in [0.25, 0.3) is 10.9 Å². The molecule has 0 aliphatic heterocycles. The van der Waals surface area contributed by atoms with Crippen LogP contribution in [-0.4, -0.2) is 29.7 Å². The minimum Gasteiger partial charge on any atom is -0.398 e. The molecule has 24 heavy (non-hydrogen) atoms. The highest BCUT2D eigenvalue weighted by molar-refractivity contribution is 6.00. The van der Waals surface area contributed by atoms with Crippen LogP contribution in [0.1, 0.15) is 36.5 Å². The van der Waals surface area contributed by atoms with Gasteiger partial charge in [-0.2, -0.15) is 0 Å². The summed E-state index contributed by atoms with van der Waals surface area (Å²) in [6.45, 7) is 3.92. The summed E-state index contributed by atoms with van der Waals surface area (Å²) in [7, 11) is 0. The molecule has 1 aromatic carbocycles. The first-order chi connectivity index (χ1) is 11.6. The van der Waals surface area contributed by atoms with Gasteiger partial charge in [-0.1, -0.05) is 6.07 Å². The summed E-state index contributed by atoms with van der Waals surface area (Å²) in [5, 5.41) is 3.30. The van der Waals surface area contributed by atoms with Gasteiger partial charge in [0.05, 0.1) is 10.9 Å². The molecule has 0 unspecified atom stereocenters. The van der Waals surface area contributed by atoms with Crippen LogP contribution in [0.3, 0.4) is 0 Å². The normalized spacial score (nSPS) is 14.0. The number of pyridine rings is 1. The van der Waals surface area contributed by atoms with E-state index in [0.717, 1.165) is 24.8 Å². The number of anilines is 1. The number of nitrogens with one attached hydrogen (secondary N) is 1. The maximum atomic E-state index is 12.7. The highest BCUT2D eigenvalue weighted by Crippen LogP contribution is 2.21. The van der Waals surface area contributed by atoms with E-state index in [-0.39, 0.29) is 22.9 Å². The van der Waals surface area contributed by atoms with Crippen LogP contribution in [0.15, 0.2) is 29.2 Å². The molecule has 6 heteroatoms. The van der Waals surface area contributed by atoms with Crippen LogP contribution in [0.5, 0.6) is 0 Å². The maximum absolute atomic E-state index is 12.7. The van der Waals surface area contributed by atoms with Crippen molar-refractivity contribution in [2.75, 3.05) is 18.9 Å². The molecule has 1 aliphatic rings. The summed E-state index contributed by atoms with van der Waals surface area (Å²) in [4.78, 5) is 25.2. The van der Waals surface area contributed by atoms with Gasteiger partial charge in [-0.15, -0.1) is 0 Å². The van der Waals surface area contributed by atoms with E-state index in [4.69, 9.17) is 10.5 Å². The van der Waals surface area contributed by atoms with Gasteiger partial charge in [0, 0.05) is 37.7 Å². The number of rotatable bonds is 7. The van der Waals surface area contributed by atoms with Crippen LogP contribution in [0.4, 0.5) is 5.69 Å². The quantitative estimate of drug-likeness (QED) is 0.600. The topological polar surface area (TPSA) is 86.3 Å². The molecule has 1 saturated carbocycles. The number of amides is 1. The van der Waals surface area contributed by atoms with Crippen LogP contribution >= 0.6 is 0 Å². The van der Waals surface area contributed by atoms with Crippen molar-refractivity contribution >= 4 is 22.5 Å². The second-order valence-corrected chi connectivity index (χ2v) is 6.10.